The summed E-state index contributed by atoms with van der Waals surface area (Å²) >= 11 is 1.61. The van der Waals surface area contributed by atoms with E-state index in [1.54, 1.807) is 11.8 Å². The van der Waals surface area contributed by atoms with Gasteiger partial charge >= 0.3 is 14.8 Å². The van der Waals surface area contributed by atoms with Crippen LogP contribution in [0.25, 0.3) is 0 Å². The first kappa shape index (κ1) is 23.9. The molecule has 0 aromatic rings. The summed E-state index contributed by atoms with van der Waals surface area (Å²) in [5, 5.41) is 0. The van der Waals surface area contributed by atoms with Crippen molar-refractivity contribution in [2.75, 3.05) is 37.9 Å². The van der Waals surface area contributed by atoms with Gasteiger partial charge in [-0.25, -0.2) is 0 Å². The van der Waals surface area contributed by atoms with E-state index in [1.807, 2.05) is 20.8 Å². The SMILES string of the molecule is CCCCCCOC(=O)CSCCC[Si](OCC)(OCC)OCC. The van der Waals surface area contributed by atoms with E-state index in [4.69, 9.17) is 18.0 Å². The molecule has 5 nitrogen and oxygen atoms in total. The monoisotopic (exact) mass is 380 g/mol. The molecule has 0 saturated carbocycles. The molecule has 0 fully saturated rings. The molecular weight excluding hydrogens is 344 g/mol. The molecule has 0 aliphatic carbocycles. The molecule has 0 radical (unpaired) electrons. The van der Waals surface area contributed by atoms with Gasteiger partial charge < -0.3 is 18.0 Å². The van der Waals surface area contributed by atoms with E-state index in [0.29, 0.717) is 32.2 Å². The van der Waals surface area contributed by atoms with Gasteiger partial charge in [-0.05, 0) is 39.4 Å². The van der Waals surface area contributed by atoms with Crippen molar-refractivity contribution in [1.82, 2.24) is 0 Å². The molecule has 0 aliphatic heterocycles. The molecule has 0 atom stereocenters. The Morgan fingerprint density at radius 3 is 2.04 bits per heavy atom. The molecule has 0 rings (SSSR count). The van der Waals surface area contributed by atoms with Crippen molar-refractivity contribution in [3.8, 4) is 0 Å². The van der Waals surface area contributed by atoms with Gasteiger partial charge in [-0.15, -0.1) is 0 Å². The van der Waals surface area contributed by atoms with Crippen LogP contribution in [0.15, 0.2) is 0 Å². The van der Waals surface area contributed by atoms with Crippen molar-refractivity contribution in [2.45, 2.75) is 65.8 Å². The van der Waals surface area contributed by atoms with Crippen molar-refractivity contribution in [3.63, 3.8) is 0 Å². The van der Waals surface area contributed by atoms with Gasteiger partial charge in [0.05, 0.1) is 12.4 Å². The molecule has 0 saturated heterocycles. The number of carbonyl (C=O) groups is 1. The molecule has 0 aliphatic rings. The lowest BCUT2D eigenvalue weighted by molar-refractivity contribution is -0.140. The molecule has 0 unspecified atom stereocenters. The van der Waals surface area contributed by atoms with Gasteiger partial charge in [0.2, 0.25) is 0 Å². The summed E-state index contributed by atoms with van der Waals surface area (Å²) in [6.07, 6.45) is 5.42. The van der Waals surface area contributed by atoms with Crippen LogP contribution in [0.3, 0.4) is 0 Å². The van der Waals surface area contributed by atoms with Crippen LogP contribution in [0.1, 0.15) is 59.8 Å². The maximum atomic E-state index is 11.6. The fourth-order valence-electron chi connectivity index (χ4n) is 2.30. The van der Waals surface area contributed by atoms with E-state index in [9.17, 15) is 4.79 Å². The minimum atomic E-state index is -2.54. The minimum absolute atomic E-state index is 0.112. The fraction of sp³-hybridized carbons (Fsp3) is 0.941. The second-order valence-corrected chi connectivity index (χ2v) is 9.26. The second-order valence-electron chi connectivity index (χ2n) is 5.42. The third-order valence-corrected chi connectivity index (χ3v) is 7.51. The van der Waals surface area contributed by atoms with E-state index < -0.39 is 8.80 Å². The standard InChI is InChI=1S/C17H36O5SSi/c1-5-9-10-11-13-19-17(18)16-23-14-12-15-24(20-6-2,21-7-3)22-8-4/h5-16H2,1-4H3. The first-order chi connectivity index (χ1) is 11.6. The molecule has 144 valence electrons. The van der Waals surface area contributed by atoms with Crippen molar-refractivity contribution >= 4 is 26.5 Å². The van der Waals surface area contributed by atoms with E-state index in [0.717, 1.165) is 31.1 Å². The van der Waals surface area contributed by atoms with Gasteiger partial charge in [-0.2, -0.15) is 11.8 Å². The normalized spacial score (nSPS) is 11.7. The summed E-state index contributed by atoms with van der Waals surface area (Å²) in [5.74, 6) is 1.19. The Balaban J connectivity index is 3.85. The first-order valence-electron chi connectivity index (χ1n) is 9.29. The van der Waals surface area contributed by atoms with Crippen LogP contribution in [-0.2, 0) is 22.8 Å². The lowest BCUT2D eigenvalue weighted by Crippen LogP contribution is -2.46. The van der Waals surface area contributed by atoms with Crippen LogP contribution in [0.2, 0.25) is 6.04 Å². The number of thioether (sulfide) groups is 1. The molecule has 0 N–H and O–H groups in total. The number of carbonyl (C=O) groups excluding carboxylic acids is 1. The number of hydrogen-bond acceptors (Lipinski definition) is 6. The topological polar surface area (TPSA) is 54.0 Å². The zero-order chi connectivity index (χ0) is 18.1. The molecule has 0 spiro atoms. The number of hydrogen-bond donors (Lipinski definition) is 0. The van der Waals surface area contributed by atoms with Crippen molar-refractivity contribution in [2.24, 2.45) is 0 Å². The Kier molecular flexibility index (Phi) is 16.3. The Hall–Kier alpha value is -0.0831. The Labute approximate surface area is 153 Å². The zero-order valence-electron chi connectivity index (χ0n) is 15.9. The highest BCUT2D eigenvalue weighted by molar-refractivity contribution is 7.99. The van der Waals surface area contributed by atoms with Gasteiger partial charge in [0.1, 0.15) is 0 Å². The van der Waals surface area contributed by atoms with Gasteiger partial charge in [0.15, 0.2) is 0 Å². The van der Waals surface area contributed by atoms with Crippen LogP contribution in [-0.4, -0.2) is 52.7 Å². The van der Waals surface area contributed by atoms with Crippen LogP contribution in [0.4, 0.5) is 0 Å². The molecule has 24 heavy (non-hydrogen) atoms. The summed E-state index contributed by atoms with van der Waals surface area (Å²) in [4.78, 5) is 11.6. The van der Waals surface area contributed by atoms with Crippen LogP contribution in [0.5, 0.6) is 0 Å². The third-order valence-electron chi connectivity index (χ3n) is 3.35. The molecule has 0 aromatic carbocycles. The van der Waals surface area contributed by atoms with Crippen LogP contribution >= 0.6 is 11.8 Å². The minimum Gasteiger partial charge on any atom is -0.465 e. The maximum absolute atomic E-state index is 11.6. The average molecular weight is 381 g/mol. The number of ether oxygens (including phenoxy) is 1. The Morgan fingerprint density at radius 1 is 0.875 bits per heavy atom. The molecule has 0 amide bonds. The van der Waals surface area contributed by atoms with Crippen LogP contribution in [0, 0.1) is 0 Å². The molecule has 7 heteroatoms. The average Bonchev–Trinajstić information content (AvgIpc) is 2.55. The lowest BCUT2D eigenvalue weighted by Gasteiger charge is -2.28. The summed E-state index contributed by atoms with van der Waals surface area (Å²) in [5.41, 5.74) is 0. The van der Waals surface area contributed by atoms with Crippen molar-refractivity contribution in [1.29, 1.82) is 0 Å². The maximum Gasteiger partial charge on any atom is 0.500 e. The highest BCUT2D eigenvalue weighted by Gasteiger charge is 2.39. The van der Waals surface area contributed by atoms with Gasteiger partial charge in [-0.1, -0.05) is 26.2 Å². The highest BCUT2D eigenvalue weighted by Crippen LogP contribution is 2.20. The summed E-state index contributed by atoms with van der Waals surface area (Å²) < 4.78 is 22.7. The predicted octanol–water partition coefficient (Wildman–Crippen LogP) is 4.28. The fourth-order valence-corrected chi connectivity index (χ4v) is 5.92. The number of esters is 1. The third kappa shape index (κ3) is 12.3. The quantitative estimate of drug-likeness (QED) is 0.213. The summed E-state index contributed by atoms with van der Waals surface area (Å²) in [6, 6.07) is 0.793. The largest absolute Gasteiger partial charge is 0.500 e. The summed E-state index contributed by atoms with van der Waals surface area (Å²) in [7, 11) is -2.54. The smallest absolute Gasteiger partial charge is 0.465 e. The van der Waals surface area contributed by atoms with E-state index in [1.165, 1.54) is 12.8 Å². The van der Waals surface area contributed by atoms with Gasteiger partial charge in [-0.3, -0.25) is 4.79 Å². The molecule has 0 bridgehead atoms. The van der Waals surface area contributed by atoms with E-state index in [-0.39, 0.29) is 5.97 Å². The summed E-state index contributed by atoms with van der Waals surface area (Å²) in [6.45, 7) is 10.4. The van der Waals surface area contributed by atoms with Crippen molar-refractivity contribution < 1.29 is 22.8 Å². The second kappa shape index (κ2) is 16.4. The molecular formula is C17H36O5SSi. The van der Waals surface area contributed by atoms with E-state index in [2.05, 4.69) is 6.92 Å². The first-order valence-corrected chi connectivity index (χ1v) is 12.4. The van der Waals surface area contributed by atoms with Gasteiger partial charge in [0.25, 0.3) is 0 Å². The lowest BCUT2D eigenvalue weighted by atomic mass is 10.2. The molecule has 0 aromatic heterocycles. The van der Waals surface area contributed by atoms with Crippen LogP contribution < -0.4 is 0 Å². The Morgan fingerprint density at radius 2 is 1.50 bits per heavy atom. The van der Waals surface area contributed by atoms with Gasteiger partial charge in [0, 0.05) is 25.9 Å². The zero-order valence-corrected chi connectivity index (χ0v) is 17.8. The Bertz CT molecular complexity index is 288. The molecule has 0 heterocycles. The number of rotatable bonds is 17. The number of unbranched alkanes of at least 4 members (excludes halogenated alkanes) is 3. The van der Waals surface area contributed by atoms with Crippen molar-refractivity contribution in [3.05, 3.63) is 0 Å². The van der Waals surface area contributed by atoms with E-state index >= 15 is 0 Å². The predicted molar refractivity (Wildman–Crippen MR) is 102 cm³/mol. The highest BCUT2D eigenvalue weighted by atomic mass is 32.2.